The number of aromatic nitrogens is 5. The van der Waals surface area contributed by atoms with Crippen LogP contribution >= 0.6 is 22.6 Å². The molecule has 10 heteroatoms. The van der Waals surface area contributed by atoms with Gasteiger partial charge in [-0.1, -0.05) is 0 Å². The Bertz CT molecular complexity index is 1150. The first-order valence-corrected chi connectivity index (χ1v) is 8.39. The van der Waals surface area contributed by atoms with Crippen molar-refractivity contribution in [2.75, 3.05) is 0 Å². The maximum absolute atomic E-state index is 13.1. The third-order valence-electron chi connectivity index (χ3n) is 3.63. The minimum absolute atomic E-state index is 0.269. The SMILES string of the molecule is O=[N+]([O-])c1ncccc1-c1nc2ccc(-c3ccc(F)cn3)nn2c1I. The Hall–Kier alpha value is -3.02. The molecule has 0 aromatic carbocycles. The average Bonchev–Trinajstić information content (AvgIpc) is 2.98. The first-order chi connectivity index (χ1) is 12.5. The number of nitro groups is 1. The highest BCUT2D eigenvalue weighted by molar-refractivity contribution is 14.1. The summed E-state index contributed by atoms with van der Waals surface area (Å²) in [6.45, 7) is 0. The van der Waals surface area contributed by atoms with Crippen LogP contribution in [0.3, 0.4) is 0 Å². The number of hydrogen-bond acceptors (Lipinski definition) is 6. The summed E-state index contributed by atoms with van der Waals surface area (Å²) < 4.78 is 15.2. The molecular weight excluding hydrogens is 454 g/mol. The molecule has 0 fully saturated rings. The van der Waals surface area contributed by atoms with Gasteiger partial charge >= 0.3 is 5.82 Å². The fraction of sp³-hybridized carbons (Fsp3) is 0. The molecule has 0 aliphatic rings. The molecule has 0 unspecified atom stereocenters. The fourth-order valence-corrected chi connectivity index (χ4v) is 3.24. The molecule has 128 valence electrons. The monoisotopic (exact) mass is 462 g/mol. The topological polar surface area (TPSA) is 99.1 Å². The van der Waals surface area contributed by atoms with Crippen molar-refractivity contribution in [2.45, 2.75) is 0 Å². The Kier molecular flexibility index (Phi) is 4.03. The van der Waals surface area contributed by atoms with Crippen molar-refractivity contribution < 1.29 is 9.31 Å². The van der Waals surface area contributed by atoms with E-state index in [-0.39, 0.29) is 5.82 Å². The van der Waals surface area contributed by atoms with Gasteiger partial charge in [0.25, 0.3) is 0 Å². The first kappa shape index (κ1) is 16.4. The maximum atomic E-state index is 13.1. The molecule has 0 aliphatic carbocycles. The zero-order chi connectivity index (χ0) is 18.3. The minimum atomic E-state index is -0.545. The Morgan fingerprint density at radius 2 is 1.92 bits per heavy atom. The highest BCUT2D eigenvalue weighted by Gasteiger charge is 2.22. The number of nitrogens with zero attached hydrogens (tertiary/aromatic N) is 6. The number of halogens is 2. The predicted molar refractivity (Wildman–Crippen MR) is 98.8 cm³/mol. The molecule has 0 radical (unpaired) electrons. The maximum Gasteiger partial charge on any atom is 0.372 e. The highest BCUT2D eigenvalue weighted by atomic mass is 127. The van der Waals surface area contributed by atoms with Gasteiger partial charge in [-0.3, -0.25) is 4.98 Å². The third kappa shape index (κ3) is 2.77. The van der Waals surface area contributed by atoms with Crippen LogP contribution in [0, 0.1) is 19.6 Å². The Morgan fingerprint density at radius 3 is 2.65 bits per heavy atom. The smallest absolute Gasteiger partial charge is 0.358 e. The highest BCUT2D eigenvalue weighted by Crippen LogP contribution is 2.31. The number of hydrogen-bond donors (Lipinski definition) is 0. The molecule has 0 N–H and O–H groups in total. The largest absolute Gasteiger partial charge is 0.372 e. The van der Waals surface area contributed by atoms with Crippen LogP contribution in [-0.2, 0) is 0 Å². The predicted octanol–water partition coefficient (Wildman–Crippen LogP) is 3.51. The van der Waals surface area contributed by atoms with Crippen molar-refractivity contribution in [3.63, 3.8) is 0 Å². The van der Waals surface area contributed by atoms with Crippen molar-refractivity contribution in [3.8, 4) is 22.6 Å². The molecule has 0 bridgehead atoms. The lowest BCUT2D eigenvalue weighted by Crippen LogP contribution is -1.98. The van der Waals surface area contributed by atoms with Crippen LogP contribution in [0.2, 0.25) is 0 Å². The number of pyridine rings is 2. The van der Waals surface area contributed by atoms with E-state index in [0.29, 0.717) is 32.0 Å². The van der Waals surface area contributed by atoms with Crippen molar-refractivity contribution in [1.82, 2.24) is 24.6 Å². The van der Waals surface area contributed by atoms with Gasteiger partial charge in [-0.15, -0.1) is 0 Å². The van der Waals surface area contributed by atoms with Crippen molar-refractivity contribution in [3.05, 3.63) is 68.4 Å². The van der Waals surface area contributed by atoms with Gasteiger partial charge in [0.1, 0.15) is 32.7 Å². The Balaban J connectivity index is 1.88. The molecule has 4 rings (SSSR count). The molecule has 0 aliphatic heterocycles. The van der Waals surface area contributed by atoms with Gasteiger partial charge in [0, 0.05) is 0 Å². The molecule has 4 aromatic heterocycles. The van der Waals surface area contributed by atoms with Crippen LogP contribution in [0.15, 0.2) is 48.8 Å². The standard InChI is InChI=1S/C16H8FIN6O2/c17-9-3-4-11(20-8-9)12-5-6-13-21-14(15(18)23(13)22-12)10-2-1-7-19-16(10)24(25)26/h1-8H. The van der Waals surface area contributed by atoms with E-state index in [4.69, 9.17) is 0 Å². The number of imidazole rings is 1. The van der Waals surface area contributed by atoms with Crippen molar-refractivity contribution >= 4 is 34.1 Å². The van der Waals surface area contributed by atoms with E-state index >= 15 is 0 Å². The van der Waals surface area contributed by atoms with E-state index in [1.165, 1.54) is 18.3 Å². The van der Waals surface area contributed by atoms with E-state index in [9.17, 15) is 14.5 Å². The van der Waals surface area contributed by atoms with E-state index in [0.717, 1.165) is 6.20 Å². The van der Waals surface area contributed by atoms with Crippen LogP contribution in [0.4, 0.5) is 10.2 Å². The van der Waals surface area contributed by atoms with Crippen molar-refractivity contribution in [2.24, 2.45) is 0 Å². The number of fused-ring (bicyclic) bond motifs is 1. The van der Waals surface area contributed by atoms with Gasteiger partial charge in [-0.25, -0.2) is 13.9 Å². The lowest BCUT2D eigenvalue weighted by Gasteiger charge is -2.01. The van der Waals surface area contributed by atoms with Gasteiger partial charge in [-0.05, 0) is 68.9 Å². The van der Waals surface area contributed by atoms with Crippen LogP contribution in [-0.4, -0.2) is 29.5 Å². The molecule has 0 saturated heterocycles. The molecule has 4 aromatic rings. The summed E-state index contributed by atoms with van der Waals surface area (Å²) in [7, 11) is 0. The number of rotatable bonds is 3. The second-order valence-electron chi connectivity index (χ2n) is 5.23. The quantitative estimate of drug-likeness (QED) is 0.263. The summed E-state index contributed by atoms with van der Waals surface area (Å²) in [4.78, 5) is 23.0. The van der Waals surface area contributed by atoms with E-state index in [1.807, 2.05) is 22.6 Å². The second-order valence-corrected chi connectivity index (χ2v) is 6.25. The Labute approximate surface area is 159 Å². The summed E-state index contributed by atoms with van der Waals surface area (Å²) in [5, 5.41) is 15.7. The summed E-state index contributed by atoms with van der Waals surface area (Å²) in [5.74, 6) is -0.701. The fourth-order valence-electron chi connectivity index (χ4n) is 2.47. The second kappa shape index (κ2) is 6.37. The molecule has 0 spiro atoms. The van der Waals surface area contributed by atoms with Crippen LogP contribution in [0.5, 0.6) is 0 Å². The van der Waals surface area contributed by atoms with E-state index in [1.54, 1.807) is 28.8 Å². The van der Waals surface area contributed by atoms with Crippen LogP contribution in [0.25, 0.3) is 28.3 Å². The molecule has 0 saturated carbocycles. The zero-order valence-electron chi connectivity index (χ0n) is 12.9. The molecule has 8 nitrogen and oxygen atoms in total. The van der Waals surface area contributed by atoms with Crippen molar-refractivity contribution in [1.29, 1.82) is 0 Å². The lowest BCUT2D eigenvalue weighted by molar-refractivity contribution is -0.388. The summed E-state index contributed by atoms with van der Waals surface area (Å²) in [6.07, 6.45) is 2.48. The zero-order valence-corrected chi connectivity index (χ0v) is 15.0. The van der Waals surface area contributed by atoms with E-state index in [2.05, 4.69) is 20.1 Å². The average molecular weight is 462 g/mol. The van der Waals surface area contributed by atoms with Crippen LogP contribution < -0.4 is 0 Å². The molecule has 4 heterocycles. The van der Waals surface area contributed by atoms with E-state index < -0.39 is 10.7 Å². The Morgan fingerprint density at radius 1 is 1.12 bits per heavy atom. The minimum Gasteiger partial charge on any atom is -0.358 e. The van der Waals surface area contributed by atoms with Gasteiger partial charge in [0.05, 0.1) is 11.9 Å². The van der Waals surface area contributed by atoms with Gasteiger partial charge in [0.15, 0.2) is 5.65 Å². The molecular formula is C16H8FIN6O2. The third-order valence-corrected chi connectivity index (χ3v) is 4.60. The summed E-state index contributed by atoms with van der Waals surface area (Å²) >= 11 is 2.03. The normalized spacial score (nSPS) is 11.0. The molecule has 26 heavy (non-hydrogen) atoms. The van der Waals surface area contributed by atoms with Gasteiger partial charge in [0.2, 0.25) is 0 Å². The summed E-state index contributed by atoms with van der Waals surface area (Å²) in [5.41, 5.74) is 2.29. The molecule has 0 atom stereocenters. The lowest BCUT2D eigenvalue weighted by atomic mass is 10.2. The first-order valence-electron chi connectivity index (χ1n) is 7.31. The van der Waals surface area contributed by atoms with Gasteiger partial charge in [-0.2, -0.15) is 5.10 Å². The van der Waals surface area contributed by atoms with Crippen LogP contribution in [0.1, 0.15) is 0 Å². The van der Waals surface area contributed by atoms with Gasteiger partial charge < -0.3 is 10.1 Å². The summed E-state index contributed by atoms with van der Waals surface area (Å²) in [6, 6.07) is 9.47. The molecule has 0 amide bonds.